The topological polar surface area (TPSA) is 52.6 Å². The highest BCUT2D eigenvalue weighted by atomic mass is 127. The minimum atomic E-state index is 0. The number of rotatable bonds is 6. The molecule has 2 N–H and O–H groups in total. The number of halogens is 1. The smallest absolute Gasteiger partial charge is 0.191 e. The Hall–Kier alpha value is -1.83. The van der Waals surface area contributed by atoms with Gasteiger partial charge in [0.2, 0.25) is 0 Å². The van der Waals surface area contributed by atoms with Gasteiger partial charge in [0.15, 0.2) is 5.96 Å². The average Bonchev–Trinajstić information content (AvgIpc) is 2.72. The van der Waals surface area contributed by atoms with Crippen LogP contribution >= 0.6 is 24.0 Å². The molecule has 28 heavy (non-hydrogen) atoms. The van der Waals surface area contributed by atoms with Crippen molar-refractivity contribution in [3.05, 3.63) is 59.8 Å². The molecule has 0 aliphatic carbocycles. The van der Waals surface area contributed by atoms with E-state index in [1.165, 1.54) is 18.4 Å². The third kappa shape index (κ3) is 6.96. The van der Waals surface area contributed by atoms with E-state index in [0.717, 1.165) is 55.9 Å². The first kappa shape index (κ1) is 22.5. The number of aromatic nitrogens is 1. The Morgan fingerprint density at radius 1 is 1.07 bits per heavy atom. The molecule has 5 nitrogen and oxygen atoms in total. The van der Waals surface area contributed by atoms with Crippen LogP contribution in [-0.4, -0.2) is 37.6 Å². The summed E-state index contributed by atoms with van der Waals surface area (Å²) < 4.78 is 0. The highest BCUT2D eigenvalue weighted by Crippen LogP contribution is 2.21. The van der Waals surface area contributed by atoms with Crippen molar-refractivity contribution in [3.8, 4) is 0 Å². The first-order chi connectivity index (χ1) is 13.2. The Labute approximate surface area is 186 Å². The highest BCUT2D eigenvalue weighted by molar-refractivity contribution is 14.0. The van der Waals surface area contributed by atoms with Gasteiger partial charge >= 0.3 is 0 Å². The van der Waals surface area contributed by atoms with Crippen LogP contribution in [0.2, 0.25) is 0 Å². The van der Waals surface area contributed by atoms with E-state index in [9.17, 15) is 0 Å². The first-order valence-corrected chi connectivity index (χ1v) is 9.93. The summed E-state index contributed by atoms with van der Waals surface area (Å²) in [6, 6.07) is 14.8. The summed E-state index contributed by atoms with van der Waals surface area (Å²) >= 11 is 0. The Kier molecular flexibility index (Phi) is 9.54. The fraction of sp³-hybridized carbons (Fsp3) is 0.455. The van der Waals surface area contributed by atoms with Gasteiger partial charge in [-0.25, -0.2) is 4.98 Å². The van der Waals surface area contributed by atoms with Gasteiger partial charge in [0, 0.05) is 39.4 Å². The van der Waals surface area contributed by atoms with Gasteiger partial charge in [-0.05, 0) is 42.4 Å². The van der Waals surface area contributed by atoms with Gasteiger partial charge in [0.25, 0.3) is 0 Å². The minimum Gasteiger partial charge on any atom is -0.357 e. The summed E-state index contributed by atoms with van der Waals surface area (Å²) in [5.41, 5.74) is 2.49. The molecule has 0 spiro atoms. The van der Waals surface area contributed by atoms with Crippen molar-refractivity contribution in [2.24, 2.45) is 10.9 Å². The summed E-state index contributed by atoms with van der Waals surface area (Å²) in [5, 5.41) is 6.73. The van der Waals surface area contributed by atoms with E-state index in [1.807, 2.05) is 12.3 Å². The maximum Gasteiger partial charge on any atom is 0.191 e. The quantitative estimate of drug-likeness (QED) is 0.365. The van der Waals surface area contributed by atoms with Crippen molar-refractivity contribution in [2.75, 3.05) is 31.6 Å². The number of hydrogen-bond donors (Lipinski definition) is 2. The summed E-state index contributed by atoms with van der Waals surface area (Å²) in [4.78, 5) is 11.3. The van der Waals surface area contributed by atoms with Gasteiger partial charge < -0.3 is 15.5 Å². The largest absolute Gasteiger partial charge is 0.357 e. The molecule has 0 bridgehead atoms. The fourth-order valence-electron chi connectivity index (χ4n) is 3.32. The Morgan fingerprint density at radius 3 is 2.46 bits per heavy atom. The van der Waals surface area contributed by atoms with Crippen LogP contribution < -0.4 is 15.5 Å². The van der Waals surface area contributed by atoms with Crippen molar-refractivity contribution in [2.45, 2.75) is 32.7 Å². The van der Waals surface area contributed by atoms with Gasteiger partial charge in [0.1, 0.15) is 5.82 Å². The zero-order valence-electron chi connectivity index (χ0n) is 16.9. The highest BCUT2D eigenvalue weighted by Gasteiger charge is 2.16. The molecule has 2 heterocycles. The lowest BCUT2D eigenvalue weighted by atomic mass is 9.99. The van der Waals surface area contributed by atoms with Crippen LogP contribution in [0.4, 0.5) is 5.82 Å². The molecule has 1 aromatic carbocycles. The second-order valence-electron chi connectivity index (χ2n) is 7.28. The lowest BCUT2D eigenvalue weighted by Crippen LogP contribution is -2.38. The molecule has 1 saturated heterocycles. The Morgan fingerprint density at radius 2 is 1.82 bits per heavy atom. The first-order valence-electron chi connectivity index (χ1n) is 9.93. The number of nitrogens with one attached hydrogen (secondary N) is 2. The van der Waals surface area contributed by atoms with Crippen molar-refractivity contribution in [1.29, 1.82) is 0 Å². The summed E-state index contributed by atoms with van der Waals surface area (Å²) in [6.07, 6.45) is 5.47. The van der Waals surface area contributed by atoms with Crippen molar-refractivity contribution < 1.29 is 0 Å². The monoisotopic (exact) mass is 493 g/mol. The molecule has 3 rings (SSSR count). The van der Waals surface area contributed by atoms with Gasteiger partial charge in [0.05, 0.1) is 0 Å². The molecule has 6 heteroatoms. The summed E-state index contributed by atoms with van der Waals surface area (Å²) in [5.74, 6) is 2.75. The second kappa shape index (κ2) is 11.9. The standard InChI is InChI=1S/C22H31N5.HI/c1-18-11-14-27(15-12-18)21-9-8-20(16-25-21)17-26-22(23-2)24-13-10-19-6-4-3-5-7-19;/h3-9,16,18H,10-15,17H2,1-2H3,(H2,23,24,26);1H. The second-order valence-corrected chi connectivity index (χ2v) is 7.28. The molecule has 0 amide bonds. The van der Waals surface area contributed by atoms with Crippen LogP contribution in [0.3, 0.4) is 0 Å². The zero-order chi connectivity index (χ0) is 18.9. The Balaban J connectivity index is 0.00000280. The van der Waals surface area contributed by atoms with E-state index in [4.69, 9.17) is 0 Å². The number of hydrogen-bond acceptors (Lipinski definition) is 3. The summed E-state index contributed by atoms with van der Waals surface area (Å²) in [6.45, 7) is 6.14. The average molecular weight is 493 g/mol. The van der Waals surface area contributed by atoms with E-state index in [0.29, 0.717) is 0 Å². The molecule has 1 aliphatic rings. The van der Waals surface area contributed by atoms with E-state index < -0.39 is 0 Å². The number of benzene rings is 1. The molecular weight excluding hydrogens is 461 g/mol. The number of nitrogens with zero attached hydrogens (tertiary/aromatic N) is 3. The van der Waals surface area contributed by atoms with Crippen LogP contribution in [0.25, 0.3) is 0 Å². The Bertz CT molecular complexity index is 709. The molecule has 152 valence electrons. The van der Waals surface area contributed by atoms with Crippen LogP contribution in [-0.2, 0) is 13.0 Å². The van der Waals surface area contributed by atoms with Gasteiger partial charge in [-0.3, -0.25) is 4.99 Å². The number of anilines is 1. The maximum absolute atomic E-state index is 4.66. The molecule has 0 saturated carbocycles. The van der Waals surface area contributed by atoms with Gasteiger partial charge in [-0.1, -0.05) is 43.3 Å². The van der Waals surface area contributed by atoms with Gasteiger partial charge in [-0.15, -0.1) is 24.0 Å². The van der Waals surface area contributed by atoms with E-state index in [-0.39, 0.29) is 24.0 Å². The maximum atomic E-state index is 4.66. The van der Waals surface area contributed by atoms with Crippen LogP contribution in [0.1, 0.15) is 30.9 Å². The molecule has 2 aromatic rings. The third-order valence-electron chi connectivity index (χ3n) is 5.15. The molecule has 0 atom stereocenters. The minimum absolute atomic E-state index is 0. The van der Waals surface area contributed by atoms with E-state index in [1.54, 1.807) is 7.05 Å². The molecular formula is C22H32IN5. The zero-order valence-corrected chi connectivity index (χ0v) is 19.2. The van der Waals surface area contributed by atoms with Crippen molar-refractivity contribution in [3.63, 3.8) is 0 Å². The number of piperidine rings is 1. The predicted molar refractivity (Wildman–Crippen MR) is 129 cm³/mol. The van der Waals surface area contributed by atoms with E-state index in [2.05, 4.69) is 68.8 Å². The predicted octanol–water partition coefficient (Wildman–Crippen LogP) is 3.84. The third-order valence-corrected chi connectivity index (χ3v) is 5.15. The SMILES string of the molecule is CN=C(NCCc1ccccc1)NCc1ccc(N2CCC(C)CC2)nc1.I. The number of pyridine rings is 1. The van der Waals surface area contributed by atoms with Crippen molar-refractivity contribution >= 4 is 35.8 Å². The molecule has 1 aliphatic heterocycles. The molecule has 0 radical (unpaired) electrons. The van der Waals surface area contributed by atoms with Crippen LogP contribution in [0, 0.1) is 5.92 Å². The van der Waals surface area contributed by atoms with Crippen LogP contribution in [0.5, 0.6) is 0 Å². The fourth-order valence-corrected chi connectivity index (χ4v) is 3.32. The van der Waals surface area contributed by atoms with Crippen LogP contribution in [0.15, 0.2) is 53.7 Å². The number of aliphatic imine (C=N–C) groups is 1. The van der Waals surface area contributed by atoms with E-state index >= 15 is 0 Å². The lowest BCUT2D eigenvalue weighted by Gasteiger charge is -2.31. The lowest BCUT2D eigenvalue weighted by molar-refractivity contribution is 0.436. The molecule has 0 unspecified atom stereocenters. The van der Waals surface area contributed by atoms with Gasteiger partial charge in [-0.2, -0.15) is 0 Å². The normalized spacial score (nSPS) is 15.1. The number of guanidine groups is 1. The van der Waals surface area contributed by atoms with Crippen molar-refractivity contribution in [1.82, 2.24) is 15.6 Å². The molecule has 1 fully saturated rings. The summed E-state index contributed by atoms with van der Waals surface area (Å²) in [7, 11) is 1.80. The molecule has 1 aromatic heterocycles.